The van der Waals surface area contributed by atoms with Gasteiger partial charge in [-0.15, -0.1) is 11.8 Å². The molecule has 16 nitrogen and oxygen atoms in total. The van der Waals surface area contributed by atoms with E-state index >= 15 is 0 Å². The highest BCUT2D eigenvalue weighted by Crippen LogP contribution is 2.41. The number of ether oxygens (including phenoxy) is 9. The molecule has 2 aliphatic heterocycles. The average Bonchev–Trinajstić information content (AvgIpc) is 2.85. The van der Waals surface area contributed by atoms with Crippen LogP contribution in [0.25, 0.3) is 0 Å². The summed E-state index contributed by atoms with van der Waals surface area (Å²) in [6.07, 6.45) is -8.87. The Labute approximate surface area is 251 Å². The Morgan fingerprint density at radius 2 is 0.953 bits per heavy atom. The Hall–Kier alpha value is -3.44. The molecule has 0 aromatic carbocycles. The predicted octanol–water partition coefficient (Wildman–Crippen LogP) is 0.344. The molecule has 2 aliphatic rings. The van der Waals surface area contributed by atoms with Crippen molar-refractivity contribution in [3.63, 3.8) is 0 Å². The number of carbonyl (C=O) groups is 7. The van der Waals surface area contributed by atoms with Crippen molar-refractivity contribution in [1.29, 1.82) is 0 Å². The molecule has 0 bridgehead atoms. The van der Waals surface area contributed by atoms with Crippen molar-refractivity contribution >= 4 is 53.5 Å². The van der Waals surface area contributed by atoms with Crippen molar-refractivity contribution in [3.05, 3.63) is 0 Å². The molecule has 2 saturated heterocycles. The number of carbonyl (C=O) groups excluding carboxylic acids is 7. The number of hydrogen-bond donors (Lipinski definition) is 0. The van der Waals surface area contributed by atoms with Gasteiger partial charge in [-0.05, 0) is 0 Å². The summed E-state index contributed by atoms with van der Waals surface area (Å²) in [5.74, 6) is -5.12. The van der Waals surface area contributed by atoms with Crippen LogP contribution in [0.2, 0.25) is 0 Å². The van der Waals surface area contributed by atoms with Gasteiger partial charge in [-0.1, -0.05) is 0 Å². The molecule has 2 fully saturated rings. The van der Waals surface area contributed by atoms with Crippen LogP contribution in [-0.4, -0.2) is 109 Å². The van der Waals surface area contributed by atoms with Crippen LogP contribution in [0.5, 0.6) is 0 Å². The molecule has 0 spiro atoms. The highest BCUT2D eigenvalue weighted by Gasteiger charge is 2.54. The van der Waals surface area contributed by atoms with Crippen LogP contribution in [0, 0.1) is 0 Å². The normalized spacial score (nSPS) is 30.2. The summed E-state index contributed by atoms with van der Waals surface area (Å²) in [7, 11) is 0. The lowest BCUT2D eigenvalue weighted by Gasteiger charge is -2.46. The summed E-state index contributed by atoms with van der Waals surface area (Å²) in [6.45, 7) is 7.08. The minimum Gasteiger partial charge on any atom is -0.463 e. The van der Waals surface area contributed by atoms with Crippen LogP contribution in [0.15, 0.2) is 0 Å². The zero-order chi connectivity index (χ0) is 32.4. The SMILES string of the molecule is CC(=O)OC[C@H]1O[C@@H](S[C@H]2C[C@@H](OC(C)=O)O[C@H](COC(C)=O)[C@H]2OC(C)=O)[C@H](OC(C)=O)[C@@H](OC(C)=O)[C@@H]1OC(C)=O. The molecule has 0 aliphatic carbocycles. The molecule has 0 unspecified atom stereocenters. The van der Waals surface area contributed by atoms with Gasteiger partial charge >= 0.3 is 41.8 Å². The Kier molecular flexibility index (Phi) is 13.7. The number of esters is 7. The second-order valence-corrected chi connectivity index (χ2v) is 10.9. The first-order valence-corrected chi connectivity index (χ1v) is 14.1. The molecule has 17 heteroatoms. The zero-order valence-corrected chi connectivity index (χ0v) is 25.6. The smallest absolute Gasteiger partial charge is 0.304 e. The van der Waals surface area contributed by atoms with Crippen molar-refractivity contribution in [2.24, 2.45) is 0 Å². The highest BCUT2D eigenvalue weighted by molar-refractivity contribution is 8.00. The standard InChI is InChI=1S/C26H36O16S/c1-11(27)34-9-18-22(37-14(4)30)20(8-21(41-18)36-13(3)29)43-26-25(40-17(7)33)24(39-16(6)32)23(38-15(5)31)19(42-26)10-35-12(2)28/h18-26H,8-10H2,1-7H3/t18-,19-,20+,21+,22-,23-,24+,25-,26+/m1/s1. The summed E-state index contributed by atoms with van der Waals surface area (Å²) in [5.41, 5.74) is -1.23. The van der Waals surface area contributed by atoms with E-state index in [9.17, 15) is 33.6 Å². The monoisotopic (exact) mass is 636 g/mol. The molecule has 43 heavy (non-hydrogen) atoms. The van der Waals surface area contributed by atoms with E-state index in [4.69, 9.17) is 42.6 Å². The quantitative estimate of drug-likeness (QED) is 0.222. The van der Waals surface area contributed by atoms with E-state index in [2.05, 4.69) is 0 Å². The highest BCUT2D eigenvalue weighted by atomic mass is 32.2. The van der Waals surface area contributed by atoms with Crippen LogP contribution >= 0.6 is 11.8 Å². The van der Waals surface area contributed by atoms with Gasteiger partial charge in [-0.3, -0.25) is 33.6 Å². The number of thioether (sulfide) groups is 1. The van der Waals surface area contributed by atoms with E-state index in [1.54, 1.807) is 0 Å². The topological polar surface area (TPSA) is 203 Å². The average molecular weight is 637 g/mol. The van der Waals surface area contributed by atoms with E-state index < -0.39 is 102 Å². The van der Waals surface area contributed by atoms with Gasteiger partial charge in [0.1, 0.15) is 37.0 Å². The molecular weight excluding hydrogens is 600 g/mol. The van der Waals surface area contributed by atoms with Crippen molar-refractivity contribution < 1.29 is 76.2 Å². The first-order valence-electron chi connectivity index (χ1n) is 13.2. The molecule has 242 valence electrons. The molecule has 0 amide bonds. The molecule has 0 radical (unpaired) electrons. The third-order valence-corrected chi connectivity index (χ3v) is 7.25. The summed E-state index contributed by atoms with van der Waals surface area (Å²) < 4.78 is 49.2. The van der Waals surface area contributed by atoms with Gasteiger partial charge < -0.3 is 42.6 Å². The second kappa shape index (κ2) is 16.4. The van der Waals surface area contributed by atoms with E-state index in [1.165, 1.54) is 0 Å². The fourth-order valence-electron chi connectivity index (χ4n) is 4.43. The second-order valence-electron chi connectivity index (χ2n) is 9.57. The first-order chi connectivity index (χ1) is 20.1. The van der Waals surface area contributed by atoms with Gasteiger partial charge in [0, 0.05) is 54.9 Å². The molecule has 0 saturated carbocycles. The van der Waals surface area contributed by atoms with Gasteiger partial charge in [-0.25, -0.2) is 0 Å². The maximum Gasteiger partial charge on any atom is 0.304 e. The fraction of sp³-hybridized carbons (Fsp3) is 0.731. The summed E-state index contributed by atoms with van der Waals surface area (Å²) in [6, 6.07) is 0. The van der Waals surface area contributed by atoms with Crippen LogP contribution in [0.3, 0.4) is 0 Å². The Balaban J connectivity index is 2.57. The Morgan fingerprint density at radius 3 is 1.42 bits per heavy atom. The molecular formula is C26H36O16S. The molecule has 0 N–H and O–H groups in total. The number of hydrogen-bond acceptors (Lipinski definition) is 17. The van der Waals surface area contributed by atoms with Crippen molar-refractivity contribution in [2.75, 3.05) is 13.2 Å². The lowest BCUT2D eigenvalue weighted by atomic mass is 9.99. The number of rotatable bonds is 11. The van der Waals surface area contributed by atoms with E-state index in [0.717, 1.165) is 60.2 Å². The summed E-state index contributed by atoms with van der Waals surface area (Å²) >= 11 is 0.940. The van der Waals surface area contributed by atoms with Crippen LogP contribution in [0.4, 0.5) is 0 Å². The summed E-state index contributed by atoms with van der Waals surface area (Å²) in [5, 5.41) is -0.830. The van der Waals surface area contributed by atoms with E-state index in [0.29, 0.717) is 0 Å². The lowest BCUT2D eigenvalue weighted by molar-refractivity contribution is -0.239. The maximum absolute atomic E-state index is 12.2. The first kappa shape index (κ1) is 35.8. The van der Waals surface area contributed by atoms with Gasteiger partial charge in [0.05, 0.1) is 5.25 Å². The molecule has 9 atom stereocenters. The van der Waals surface area contributed by atoms with Crippen molar-refractivity contribution in [3.8, 4) is 0 Å². The van der Waals surface area contributed by atoms with Gasteiger partial charge in [0.2, 0.25) is 6.29 Å². The molecule has 0 aromatic heterocycles. The van der Waals surface area contributed by atoms with Crippen molar-refractivity contribution in [2.45, 2.75) is 108 Å². The molecule has 2 heterocycles. The minimum absolute atomic E-state index is 0.0777. The zero-order valence-electron chi connectivity index (χ0n) is 24.8. The minimum atomic E-state index is -1.43. The van der Waals surface area contributed by atoms with Crippen molar-refractivity contribution in [1.82, 2.24) is 0 Å². The molecule has 0 aromatic rings. The van der Waals surface area contributed by atoms with Crippen LogP contribution in [-0.2, 0) is 76.2 Å². The predicted molar refractivity (Wildman–Crippen MR) is 141 cm³/mol. The lowest BCUT2D eigenvalue weighted by Crippen LogP contribution is -2.62. The van der Waals surface area contributed by atoms with Gasteiger partial charge in [0.25, 0.3) is 0 Å². The largest absolute Gasteiger partial charge is 0.463 e. The van der Waals surface area contributed by atoms with Crippen LogP contribution in [0.1, 0.15) is 54.9 Å². The summed E-state index contributed by atoms with van der Waals surface area (Å²) in [4.78, 5) is 83.3. The third kappa shape index (κ3) is 11.6. The van der Waals surface area contributed by atoms with Gasteiger partial charge in [0.15, 0.2) is 18.3 Å². The van der Waals surface area contributed by atoms with Gasteiger partial charge in [-0.2, -0.15) is 0 Å². The molecule has 2 rings (SSSR count). The third-order valence-electron chi connectivity index (χ3n) is 5.79. The van der Waals surface area contributed by atoms with Crippen LogP contribution < -0.4 is 0 Å². The Bertz CT molecular complexity index is 1060. The Morgan fingerprint density at radius 1 is 0.535 bits per heavy atom. The maximum atomic E-state index is 12.2. The van der Waals surface area contributed by atoms with E-state index in [-0.39, 0.29) is 13.0 Å². The fourth-order valence-corrected chi connectivity index (χ4v) is 6.00. The van der Waals surface area contributed by atoms with E-state index in [1.807, 2.05) is 0 Å².